The maximum atomic E-state index is 11.4. The van der Waals surface area contributed by atoms with Gasteiger partial charge in [0.15, 0.2) is 0 Å². The molecule has 0 radical (unpaired) electrons. The van der Waals surface area contributed by atoms with Gasteiger partial charge >= 0.3 is 29.8 Å². The molecule has 0 aliphatic rings. The monoisotopic (exact) mass is 478 g/mol. The molecule has 33 heavy (non-hydrogen) atoms. The zero-order valence-electron chi connectivity index (χ0n) is 18.7. The van der Waals surface area contributed by atoms with Gasteiger partial charge in [-0.1, -0.05) is 6.42 Å². The Balaban J connectivity index is 5.78. The predicted octanol–water partition coefficient (Wildman–Crippen LogP) is -1.80. The van der Waals surface area contributed by atoms with Crippen molar-refractivity contribution in [1.82, 2.24) is 14.7 Å². The minimum absolute atomic E-state index is 0.0344. The topological polar surface area (TPSA) is 222 Å². The van der Waals surface area contributed by atoms with Crippen molar-refractivity contribution in [2.45, 2.75) is 31.7 Å². The van der Waals surface area contributed by atoms with Crippen molar-refractivity contribution in [3.63, 3.8) is 0 Å². The number of carboxylic acid groups (broad SMARTS) is 5. The van der Waals surface area contributed by atoms with Gasteiger partial charge in [-0.25, -0.2) is 0 Å². The number of hydrogen-bond donors (Lipinski definition) is 6. The largest absolute Gasteiger partial charge is 0.480 e. The molecule has 14 nitrogen and oxygen atoms in total. The molecule has 1 atom stereocenters. The van der Waals surface area contributed by atoms with Gasteiger partial charge in [-0.15, -0.1) is 0 Å². The molecular weight excluding hydrogens is 444 g/mol. The van der Waals surface area contributed by atoms with Crippen LogP contribution >= 0.6 is 0 Å². The van der Waals surface area contributed by atoms with E-state index in [0.29, 0.717) is 25.8 Å². The van der Waals surface area contributed by atoms with Gasteiger partial charge in [0, 0.05) is 25.2 Å². The van der Waals surface area contributed by atoms with Crippen LogP contribution in [0.4, 0.5) is 0 Å². The molecule has 0 saturated carbocycles. The smallest absolute Gasteiger partial charge is 0.317 e. The Morgan fingerprint density at radius 3 is 1.45 bits per heavy atom. The molecule has 0 saturated heterocycles. The molecule has 14 heteroatoms. The van der Waals surface area contributed by atoms with Crippen LogP contribution < -0.4 is 5.73 Å². The van der Waals surface area contributed by atoms with Crippen molar-refractivity contribution in [1.29, 1.82) is 0 Å². The highest BCUT2D eigenvalue weighted by molar-refractivity contribution is 5.73. The average molecular weight is 478 g/mol. The first-order valence-corrected chi connectivity index (χ1v) is 10.3. The maximum Gasteiger partial charge on any atom is 0.317 e. The Labute approximate surface area is 191 Å². The lowest BCUT2D eigenvalue weighted by atomic mass is 9.91. The predicted molar refractivity (Wildman–Crippen MR) is 114 cm³/mol. The molecule has 0 fully saturated rings. The zero-order valence-corrected chi connectivity index (χ0v) is 18.7. The third-order valence-corrected chi connectivity index (χ3v) is 4.96. The third kappa shape index (κ3) is 14.1. The fraction of sp³-hybridized carbons (Fsp3) is 0.737. The second-order valence-corrected chi connectivity index (χ2v) is 7.99. The number of carbonyl (C=O) groups is 5. The molecule has 0 aromatic carbocycles. The molecule has 190 valence electrons. The van der Waals surface area contributed by atoms with E-state index < -0.39 is 68.1 Å². The van der Waals surface area contributed by atoms with Crippen LogP contribution in [0, 0.1) is 0 Å². The summed E-state index contributed by atoms with van der Waals surface area (Å²) in [5.74, 6) is -6.20. The lowest BCUT2D eigenvalue weighted by Gasteiger charge is -2.43. The molecule has 0 aliphatic heterocycles. The van der Waals surface area contributed by atoms with Crippen molar-refractivity contribution < 1.29 is 49.5 Å². The van der Waals surface area contributed by atoms with Crippen LogP contribution in [0.2, 0.25) is 0 Å². The normalized spacial score (nSPS) is 13.2. The van der Waals surface area contributed by atoms with Crippen LogP contribution in [0.1, 0.15) is 26.2 Å². The van der Waals surface area contributed by atoms with Crippen LogP contribution in [0.5, 0.6) is 0 Å². The maximum absolute atomic E-state index is 11.4. The van der Waals surface area contributed by atoms with E-state index in [1.807, 2.05) is 0 Å². The Bertz CT molecular complexity index is 657. The van der Waals surface area contributed by atoms with Crippen molar-refractivity contribution >= 4 is 29.8 Å². The lowest BCUT2D eigenvalue weighted by molar-refractivity contribution is -0.147. The Kier molecular flexibility index (Phi) is 13.8. The number of rotatable bonds is 20. The Morgan fingerprint density at radius 1 is 0.667 bits per heavy atom. The summed E-state index contributed by atoms with van der Waals surface area (Å²) in [5.41, 5.74) is 4.47. The number of aliphatic carboxylic acids is 5. The summed E-state index contributed by atoms with van der Waals surface area (Å²) in [6.07, 6.45) is 1.45. The Hall–Kier alpha value is -2.81. The molecule has 0 rings (SSSR count). The molecule has 0 amide bonds. The molecule has 0 bridgehead atoms. The van der Waals surface area contributed by atoms with E-state index in [2.05, 4.69) is 0 Å². The van der Waals surface area contributed by atoms with E-state index in [4.69, 9.17) is 15.9 Å². The molecular formula is C19H34N4O10. The van der Waals surface area contributed by atoms with Crippen LogP contribution in [-0.2, 0) is 24.0 Å². The van der Waals surface area contributed by atoms with Gasteiger partial charge in [-0.3, -0.25) is 38.7 Å². The fourth-order valence-electron chi connectivity index (χ4n) is 3.52. The summed E-state index contributed by atoms with van der Waals surface area (Å²) in [6.45, 7) is -0.950. The standard InChI is InChI=1S/C19H34N4O10/c1-19(4-2-3-5-20,23(11-17(30)31)12-18(32)33)13-22(10-16(28)29)7-6-21(8-14(24)25)9-15(26)27/h2-13,20H2,1H3,(H,24,25)(H,26,27)(H,28,29)(H,30,31)(H,32,33). The van der Waals surface area contributed by atoms with E-state index >= 15 is 0 Å². The second kappa shape index (κ2) is 15.1. The van der Waals surface area contributed by atoms with E-state index in [-0.39, 0.29) is 19.6 Å². The Morgan fingerprint density at radius 2 is 1.06 bits per heavy atom. The SMILES string of the molecule is CC(CCCCN)(CN(CCN(CC(=O)O)CC(=O)O)CC(=O)O)N(CC(=O)O)CC(=O)O. The van der Waals surface area contributed by atoms with E-state index in [1.54, 1.807) is 6.92 Å². The van der Waals surface area contributed by atoms with Gasteiger partial charge in [0.2, 0.25) is 0 Å². The first kappa shape index (κ1) is 30.2. The summed E-state index contributed by atoms with van der Waals surface area (Å²) < 4.78 is 0. The van der Waals surface area contributed by atoms with Gasteiger partial charge in [0.05, 0.1) is 32.7 Å². The highest BCUT2D eigenvalue weighted by Gasteiger charge is 2.36. The molecule has 0 aromatic heterocycles. The van der Waals surface area contributed by atoms with Gasteiger partial charge in [-0.2, -0.15) is 0 Å². The summed E-state index contributed by atoms with van der Waals surface area (Å²) in [6, 6.07) is 0. The van der Waals surface area contributed by atoms with Gasteiger partial charge in [-0.05, 0) is 26.3 Å². The summed E-state index contributed by atoms with van der Waals surface area (Å²) >= 11 is 0. The van der Waals surface area contributed by atoms with Crippen LogP contribution in [0.15, 0.2) is 0 Å². The van der Waals surface area contributed by atoms with Crippen molar-refractivity contribution in [2.75, 3.05) is 58.9 Å². The van der Waals surface area contributed by atoms with Crippen LogP contribution in [-0.4, -0.2) is 135 Å². The van der Waals surface area contributed by atoms with E-state index in [0.717, 1.165) is 4.90 Å². The third-order valence-electron chi connectivity index (χ3n) is 4.96. The molecule has 7 N–H and O–H groups in total. The fourth-order valence-corrected chi connectivity index (χ4v) is 3.52. The molecule has 0 heterocycles. The quantitative estimate of drug-likeness (QED) is 0.106. The number of nitrogens with zero attached hydrogens (tertiary/aromatic N) is 3. The first-order chi connectivity index (χ1) is 15.3. The molecule has 0 aromatic rings. The van der Waals surface area contributed by atoms with Crippen LogP contribution in [0.3, 0.4) is 0 Å². The second-order valence-electron chi connectivity index (χ2n) is 7.99. The van der Waals surface area contributed by atoms with Gasteiger partial charge in [0.25, 0.3) is 0 Å². The van der Waals surface area contributed by atoms with Crippen molar-refractivity contribution in [3.8, 4) is 0 Å². The van der Waals surface area contributed by atoms with Gasteiger partial charge in [0.1, 0.15) is 0 Å². The highest BCUT2D eigenvalue weighted by atomic mass is 16.4. The lowest BCUT2D eigenvalue weighted by Crippen LogP contribution is -2.58. The summed E-state index contributed by atoms with van der Waals surface area (Å²) in [5, 5.41) is 45.8. The minimum Gasteiger partial charge on any atom is -0.480 e. The number of unbranched alkanes of at least 4 members (excludes halogenated alkanes) is 1. The summed E-state index contributed by atoms with van der Waals surface area (Å²) in [7, 11) is 0. The van der Waals surface area contributed by atoms with Crippen LogP contribution in [0.25, 0.3) is 0 Å². The summed E-state index contributed by atoms with van der Waals surface area (Å²) in [4.78, 5) is 60.0. The highest BCUT2D eigenvalue weighted by Crippen LogP contribution is 2.24. The number of nitrogens with two attached hydrogens (primary N) is 1. The number of hydrogen-bond acceptors (Lipinski definition) is 9. The molecule has 0 spiro atoms. The average Bonchev–Trinajstić information content (AvgIpc) is 2.63. The first-order valence-electron chi connectivity index (χ1n) is 10.3. The van der Waals surface area contributed by atoms with Gasteiger partial charge < -0.3 is 31.3 Å². The number of carboxylic acids is 5. The molecule has 0 aliphatic carbocycles. The zero-order chi connectivity index (χ0) is 25.6. The molecule has 1 unspecified atom stereocenters. The van der Waals surface area contributed by atoms with Crippen molar-refractivity contribution in [3.05, 3.63) is 0 Å². The van der Waals surface area contributed by atoms with Crippen molar-refractivity contribution in [2.24, 2.45) is 5.73 Å². The van der Waals surface area contributed by atoms with E-state index in [9.17, 15) is 39.3 Å². The van der Waals surface area contributed by atoms with E-state index in [1.165, 1.54) is 9.80 Å². The minimum atomic E-state index is -1.25.